The Morgan fingerprint density at radius 2 is 2.00 bits per heavy atom. The zero-order valence-corrected chi connectivity index (χ0v) is 13.9. The summed E-state index contributed by atoms with van der Waals surface area (Å²) in [5.41, 5.74) is 3.20. The van der Waals surface area contributed by atoms with Crippen molar-refractivity contribution in [3.63, 3.8) is 0 Å². The summed E-state index contributed by atoms with van der Waals surface area (Å²) in [6, 6.07) is 6.20. The average molecular weight is 290 g/mol. The number of hydrogen-bond acceptors (Lipinski definition) is 3. The van der Waals surface area contributed by atoms with E-state index in [1.807, 2.05) is 25.7 Å². The summed E-state index contributed by atoms with van der Waals surface area (Å²) in [5.74, 6) is 0.131. The third-order valence-electron chi connectivity index (χ3n) is 4.21. The van der Waals surface area contributed by atoms with Crippen molar-refractivity contribution in [2.75, 3.05) is 13.7 Å². The summed E-state index contributed by atoms with van der Waals surface area (Å²) >= 11 is 0. The van der Waals surface area contributed by atoms with Gasteiger partial charge in [-0.2, -0.15) is 0 Å². The second-order valence-electron chi connectivity index (χ2n) is 6.58. The minimum atomic E-state index is -0.364. The highest BCUT2D eigenvalue weighted by molar-refractivity contribution is 5.84. The van der Waals surface area contributed by atoms with E-state index in [-0.39, 0.29) is 23.7 Å². The van der Waals surface area contributed by atoms with Crippen LogP contribution >= 0.6 is 0 Å². The predicted molar refractivity (Wildman–Crippen MR) is 84.1 cm³/mol. The van der Waals surface area contributed by atoms with Gasteiger partial charge in [0.1, 0.15) is 6.17 Å². The van der Waals surface area contributed by atoms with Crippen LogP contribution in [-0.2, 0) is 9.53 Å². The number of amides is 1. The quantitative estimate of drug-likeness (QED) is 0.926. The number of hydrogen-bond donors (Lipinski definition) is 1. The van der Waals surface area contributed by atoms with Gasteiger partial charge >= 0.3 is 0 Å². The largest absolute Gasteiger partial charge is 0.377 e. The monoisotopic (exact) mass is 290 g/mol. The van der Waals surface area contributed by atoms with Crippen LogP contribution in [0.25, 0.3) is 0 Å². The number of rotatable bonds is 4. The first-order valence-electron chi connectivity index (χ1n) is 7.44. The van der Waals surface area contributed by atoms with E-state index in [0.717, 1.165) is 0 Å². The van der Waals surface area contributed by atoms with Crippen LogP contribution in [0, 0.1) is 13.8 Å². The van der Waals surface area contributed by atoms with E-state index < -0.39 is 0 Å². The van der Waals surface area contributed by atoms with Crippen molar-refractivity contribution >= 4 is 5.91 Å². The molecule has 1 saturated heterocycles. The molecule has 0 aliphatic carbocycles. The van der Waals surface area contributed by atoms with E-state index in [1.54, 1.807) is 7.11 Å². The van der Waals surface area contributed by atoms with Crippen molar-refractivity contribution in [3.05, 3.63) is 34.9 Å². The Morgan fingerprint density at radius 3 is 2.62 bits per heavy atom. The maximum Gasteiger partial charge on any atom is 0.241 e. The molecule has 4 nitrogen and oxygen atoms in total. The van der Waals surface area contributed by atoms with E-state index in [2.05, 4.69) is 37.4 Å². The molecule has 0 spiro atoms. The first-order chi connectivity index (χ1) is 9.75. The lowest BCUT2D eigenvalue weighted by molar-refractivity contribution is -0.133. The van der Waals surface area contributed by atoms with Crippen molar-refractivity contribution in [1.82, 2.24) is 10.2 Å². The molecule has 0 aromatic heterocycles. The molecule has 2 rings (SSSR count). The number of ether oxygens (including phenoxy) is 1. The third-order valence-corrected chi connectivity index (χ3v) is 4.21. The highest BCUT2D eigenvalue weighted by atomic mass is 16.5. The first kappa shape index (κ1) is 16.0. The fourth-order valence-electron chi connectivity index (χ4n) is 2.73. The number of carbonyl (C=O) groups is 1. The molecule has 1 heterocycles. The average Bonchev–Trinajstić information content (AvgIpc) is 2.69. The Hall–Kier alpha value is -1.39. The summed E-state index contributed by atoms with van der Waals surface area (Å²) in [4.78, 5) is 14.4. The Labute approximate surface area is 127 Å². The van der Waals surface area contributed by atoms with Crippen LogP contribution in [0.5, 0.6) is 0 Å². The zero-order chi connectivity index (χ0) is 15.8. The van der Waals surface area contributed by atoms with Crippen molar-refractivity contribution in [2.45, 2.75) is 52.4 Å². The lowest BCUT2D eigenvalue weighted by Crippen LogP contribution is -2.43. The van der Waals surface area contributed by atoms with Crippen molar-refractivity contribution < 1.29 is 9.53 Å². The molecule has 2 unspecified atom stereocenters. The Morgan fingerprint density at radius 1 is 1.33 bits per heavy atom. The van der Waals surface area contributed by atoms with Crippen LogP contribution in [0.15, 0.2) is 18.2 Å². The molecule has 21 heavy (non-hydrogen) atoms. The van der Waals surface area contributed by atoms with Gasteiger partial charge in [0.15, 0.2) is 0 Å². The maximum atomic E-state index is 12.5. The normalized spacial score (nSPS) is 23.0. The number of nitrogens with one attached hydrogen (secondary N) is 1. The second-order valence-corrected chi connectivity index (χ2v) is 6.58. The van der Waals surface area contributed by atoms with E-state index >= 15 is 0 Å². The summed E-state index contributed by atoms with van der Waals surface area (Å²) in [6.07, 6.45) is -0.0816. The van der Waals surface area contributed by atoms with Crippen LogP contribution in [0.1, 0.15) is 43.6 Å². The van der Waals surface area contributed by atoms with E-state index in [0.29, 0.717) is 6.54 Å². The lowest BCUT2D eigenvalue weighted by atomic mass is 10.0. The Bertz CT molecular complexity index is 540. The molecule has 4 heteroatoms. The van der Waals surface area contributed by atoms with Crippen LogP contribution in [0.3, 0.4) is 0 Å². The van der Waals surface area contributed by atoms with Crippen LogP contribution in [0.4, 0.5) is 0 Å². The van der Waals surface area contributed by atoms with Gasteiger partial charge in [-0.25, -0.2) is 0 Å². The number of carbonyl (C=O) groups excluding carboxylic acids is 1. The number of nitrogens with zero attached hydrogens (tertiary/aromatic N) is 1. The van der Waals surface area contributed by atoms with Gasteiger partial charge in [-0.05, 0) is 45.7 Å². The van der Waals surface area contributed by atoms with Gasteiger partial charge < -0.3 is 9.64 Å². The lowest BCUT2D eigenvalue weighted by Gasteiger charge is -2.33. The molecule has 0 saturated carbocycles. The smallest absolute Gasteiger partial charge is 0.241 e. The summed E-state index contributed by atoms with van der Waals surface area (Å²) < 4.78 is 5.50. The Balaban J connectivity index is 2.36. The van der Waals surface area contributed by atoms with Gasteiger partial charge in [0.2, 0.25) is 5.91 Å². The van der Waals surface area contributed by atoms with Gasteiger partial charge in [-0.3, -0.25) is 10.1 Å². The van der Waals surface area contributed by atoms with Crippen LogP contribution in [0.2, 0.25) is 0 Å². The van der Waals surface area contributed by atoms with E-state index in [1.165, 1.54) is 16.7 Å². The standard InChI is InChI=1S/C17H26N2O2/c1-11-7-8-12(2)14(9-11)15-18-13(3)16(20)19(15)10-17(4,5)21-6/h7-9,13,15,18H,10H2,1-6H3. The van der Waals surface area contributed by atoms with Gasteiger partial charge in [0.05, 0.1) is 18.2 Å². The minimum Gasteiger partial charge on any atom is -0.377 e. The molecule has 1 N–H and O–H groups in total. The highest BCUT2D eigenvalue weighted by Gasteiger charge is 2.40. The maximum absolute atomic E-state index is 12.5. The number of methoxy groups -OCH3 is 1. The van der Waals surface area contributed by atoms with Gasteiger partial charge in [0, 0.05) is 7.11 Å². The summed E-state index contributed by atoms with van der Waals surface area (Å²) in [6.45, 7) is 10.7. The topological polar surface area (TPSA) is 41.6 Å². The predicted octanol–water partition coefficient (Wildman–Crippen LogP) is 2.55. The fourth-order valence-corrected chi connectivity index (χ4v) is 2.73. The van der Waals surface area contributed by atoms with Crippen LogP contribution < -0.4 is 5.32 Å². The fraction of sp³-hybridized carbons (Fsp3) is 0.588. The molecule has 0 bridgehead atoms. The van der Waals surface area contributed by atoms with Crippen molar-refractivity contribution in [2.24, 2.45) is 0 Å². The second kappa shape index (κ2) is 5.78. The molecule has 2 atom stereocenters. The molecule has 1 aliphatic heterocycles. The molecular formula is C17H26N2O2. The van der Waals surface area contributed by atoms with Gasteiger partial charge in [0.25, 0.3) is 0 Å². The van der Waals surface area contributed by atoms with E-state index in [9.17, 15) is 4.79 Å². The molecule has 1 aromatic carbocycles. The molecule has 1 aliphatic rings. The number of aryl methyl sites for hydroxylation is 2. The van der Waals surface area contributed by atoms with Gasteiger partial charge in [-0.15, -0.1) is 0 Å². The molecule has 116 valence electrons. The van der Waals surface area contributed by atoms with Crippen molar-refractivity contribution in [1.29, 1.82) is 0 Å². The van der Waals surface area contributed by atoms with E-state index in [4.69, 9.17) is 4.74 Å². The third kappa shape index (κ3) is 3.27. The molecule has 1 aromatic rings. The van der Waals surface area contributed by atoms with Gasteiger partial charge in [-0.1, -0.05) is 23.8 Å². The van der Waals surface area contributed by atoms with Crippen molar-refractivity contribution in [3.8, 4) is 0 Å². The minimum absolute atomic E-state index is 0.0816. The zero-order valence-electron chi connectivity index (χ0n) is 13.9. The molecule has 1 amide bonds. The molecule has 1 fully saturated rings. The van der Waals surface area contributed by atoms with Crippen LogP contribution in [-0.4, -0.2) is 36.1 Å². The number of benzene rings is 1. The highest BCUT2D eigenvalue weighted by Crippen LogP contribution is 2.30. The summed E-state index contributed by atoms with van der Waals surface area (Å²) in [5, 5.41) is 3.41. The summed E-state index contributed by atoms with van der Waals surface area (Å²) in [7, 11) is 1.68. The first-order valence-corrected chi connectivity index (χ1v) is 7.44. The Kier molecular flexibility index (Phi) is 4.40. The molecular weight excluding hydrogens is 264 g/mol. The molecule has 0 radical (unpaired) electrons. The SMILES string of the molecule is COC(C)(C)CN1C(=O)C(C)NC1c1cc(C)ccc1C.